The summed E-state index contributed by atoms with van der Waals surface area (Å²) in [6.07, 6.45) is 3.69. The van der Waals surface area contributed by atoms with E-state index in [-0.39, 0.29) is 0 Å². The second-order valence-electron chi connectivity index (χ2n) is 10.3. The van der Waals surface area contributed by atoms with Crippen molar-refractivity contribution < 1.29 is 0 Å². The Morgan fingerprint density at radius 1 is 0.450 bits per heavy atom. The highest BCUT2D eigenvalue weighted by Gasteiger charge is 2.18. The standard InChI is InChI=1S/C36H22N4/c1-5-14-33-26(10-1)28-22-35-29(21-30(28)36-38-31-12-3-6-15-34(31)40(33)36)27-11-2-4-13-32(27)39(35)25-9-7-8-24(20-25)23-16-18-37-19-17-23/h1-22H. The Morgan fingerprint density at radius 2 is 1.18 bits per heavy atom. The van der Waals surface area contributed by atoms with Crippen LogP contribution in [0.3, 0.4) is 0 Å². The molecule has 0 bridgehead atoms. The van der Waals surface area contributed by atoms with Crippen molar-refractivity contribution in [2.45, 2.75) is 0 Å². The number of fused-ring (bicyclic) bond motifs is 11. The number of imidazole rings is 1. The number of aromatic nitrogens is 4. The van der Waals surface area contributed by atoms with Gasteiger partial charge in [-0.05, 0) is 77.2 Å². The molecule has 0 atom stereocenters. The van der Waals surface area contributed by atoms with Crippen molar-refractivity contribution in [3.8, 4) is 16.8 Å². The monoisotopic (exact) mass is 510 g/mol. The van der Waals surface area contributed by atoms with Gasteiger partial charge in [-0.25, -0.2) is 4.98 Å². The lowest BCUT2D eigenvalue weighted by molar-refractivity contribution is 1.18. The molecule has 0 spiro atoms. The van der Waals surface area contributed by atoms with Crippen LogP contribution in [0.4, 0.5) is 0 Å². The van der Waals surface area contributed by atoms with Gasteiger partial charge in [0.2, 0.25) is 0 Å². The Kier molecular flexibility index (Phi) is 4.30. The number of nitrogens with zero attached hydrogens (tertiary/aromatic N) is 4. The first kappa shape index (κ1) is 21.5. The first-order valence-corrected chi connectivity index (χ1v) is 13.5. The van der Waals surface area contributed by atoms with E-state index in [4.69, 9.17) is 4.98 Å². The summed E-state index contributed by atoms with van der Waals surface area (Å²) in [5.74, 6) is 0. The van der Waals surface area contributed by atoms with Crippen LogP contribution in [0.5, 0.6) is 0 Å². The van der Waals surface area contributed by atoms with Crippen LogP contribution in [0.15, 0.2) is 134 Å². The maximum atomic E-state index is 5.14. The summed E-state index contributed by atoms with van der Waals surface area (Å²) in [5.41, 5.74) is 10.1. The number of pyridine rings is 2. The second kappa shape index (κ2) is 8.01. The van der Waals surface area contributed by atoms with E-state index in [1.54, 1.807) is 0 Å². The van der Waals surface area contributed by atoms with Gasteiger partial charge in [-0.3, -0.25) is 9.38 Å². The predicted octanol–water partition coefficient (Wildman–Crippen LogP) is 8.95. The molecule has 5 aromatic carbocycles. The Bertz CT molecular complexity index is 2430. The van der Waals surface area contributed by atoms with Crippen LogP contribution in [0, 0.1) is 0 Å². The number of rotatable bonds is 2. The molecule has 0 unspecified atom stereocenters. The van der Waals surface area contributed by atoms with Crippen LogP contribution in [-0.2, 0) is 0 Å². The molecule has 40 heavy (non-hydrogen) atoms. The lowest BCUT2D eigenvalue weighted by Crippen LogP contribution is -1.95. The predicted molar refractivity (Wildman–Crippen MR) is 165 cm³/mol. The van der Waals surface area contributed by atoms with Crippen molar-refractivity contribution in [2.75, 3.05) is 0 Å². The maximum Gasteiger partial charge on any atom is 0.146 e. The van der Waals surface area contributed by atoms with E-state index in [0.29, 0.717) is 0 Å². The molecule has 0 N–H and O–H groups in total. The van der Waals surface area contributed by atoms with Crippen LogP contribution in [0.2, 0.25) is 0 Å². The molecule has 9 rings (SSSR count). The minimum absolute atomic E-state index is 0.994. The summed E-state index contributed by atoms with van der Waals surface area (Å²) in [7, 11) is 0. The summed E-state index contributed by atoms with van der Waals surface area (Å²) in [6, 6.07) is 43.4. The molecule has 0 amide bonds. The molecule has 0 saturated carbocycles. The fourth-order valence-corrected chi connectivity index (χ4v) is 6.42. The molecule has 0 saturated heterocycles. The van der Waals surface area contributed by atoms with Gasteiger partial charge in [0.05, 0.1) is 27.6 Å². The maximum absolute atomic E-state index is 5.14. The fraction of sp³-hybridized carbons (Fsp3) is 0. The molecule has 0 aliphatic rings. The van der Waals surface area contributed by atoms with Gasteiger partial charge in [0.25, 0.3) is 0 Å². The van der Waals surface area contributed by atoms with Gasteiger partial charge < -0.3 is 4.57 Å². The molecule has 4 nitrogen and oxygen atoms in total. The van der Waals surface area contributed by atoms with Crippen molar-refractivity contribution in [1.82, 2.24) is 18.9 Å². The van der Waals surface area contributed by atoms with Crippen LogP contribution >= 0.6 is 0 Å². The summed E-state index contributed by atoms with van der Waals surface area (Å²) < 4.78 is 4.71. The van der Waals surface area contributed by atoms with Crippen molar-refractivity contribution in [2.24, 2.45) is 0 Å². The molecule has 186 valence electrons. The summed E-state index contributed by atoms with van der Waals surface area (Å²) in [4.78, 5) is 9.34. The highest BCUT2D eigenvalue weighted by Crippen LogP contribution is 2.39. The Labute approximate surface area is 229 Å². The lowest BCUT2D eigenvalue weighted by Gasteiger charge is -2.12. The smallest absolute Gasteiger partial charge is 0.146 e. The lowest BCUT2D eigenvalue weighted by atomic mass is 10.0. The third kappa shape index (κ3) is 2.90. The first-order valence-electron chi connectivity index (χ1n) is 13.5. The van der Waals surface area contributed by atoms with Crippen LogP contribution in [-0.4, -0.2) is 18.9 Å². The third-order valence-electron chi connectivity index (χ3n) is 8.17. The summed E-state index contributed by atoms with van der Waals surface area (Å²) in [5, 5.41) is 6.05. The summed E-state index contributed by atoms with van der Waals surface area (Å²) in [6.45, 7) is 0. The Balaban J connectivity index is 1.45. The van der Waals surface area contributed by atoms with E-state index < -0.39 is 0 Å². The second-order valence-corrected chi connectivity index (χ2v) is 10.3. The average Bonchev–Trinajstić information content (AvgIpc) is 3.57. The van der Waals surface area contributed by atoms with Crippen LogP contribution in [0.25, 0.3) is 77.0 Å². The zero-order chi connectivity index (χ0) is 26.2. The quantitative estimate of drug-likeness (QED) is 0.218. The molecular weight excluding hydrogens is 488 g/mol. The fourth-order valence-electron chi connectivity index (χ4n) is 6.42. The van der Waals surface area contributed by atoms with E-state index in [1.165, 1.54) is 43.7 Å². The molecule has 0 aliphatic carbocycles. The topological polar surface area (TPSA) is 35.1 Å². The molecule has 9 aromatic rings. The molecule has 4 heteroatoms. The third-order valence-corrected chi connectivity index (χ3v) is 8.17. The molecular formula is C36H22N4. The summed E-state index contributed by atoms with van der Waals surface area (Å²) >= 11 is 0. The van der Waals surface area contributed by atoms with Gasteiger partial charge in [-0.1, -0.05) is 60.7 Å². The number of hydrogen-bond acceptors (Lipinski definition) is 2. The SMILES string of the molecule is c1cc(-c2ccncc2)cc(-n2c3ccccc3c3cc4c(cc32)c2ccccc2n2c3ccccc3nc42)c1. The first-order chi connectivity index (χ1) is 19.8. The minimum atomic E-state index is 0.994. The minimum Gasteiger partial charge on any atom is -0.309 e. The van der Waals surface area contributed by atoms with E-state index >= 15 is 0 Å². The van der Waals surface area contributed by atoms with Crippen molar-refractivity contribution in [3.05, 3.63) is 134 Å². The highest BCUT2D eigenvalue weighted by atomic mass is 15.0. The zero-order valence-corrected chi connectivity index (χ0v) is 21.5. The van der Waals surface area contributed by atoms with Crippen LogP contribution < -0.4 is 0 Å². The number of hydrogen-bond donors (Lipinski definition) is 0. The number of para-hydroxylation sites is 4. The van der Waals surface area contributed by atoms with Crippen molar-refractivity contribution >= 4 is 60.2 Å². The molecule has 0 radical (unpaired) electrons. The number of benzene rings is 5. The van der Waals surface area contributed by atoms with E-state index in [1.807, 2.05) is 12.4 Å². The van der Waals surface area contributed by atoms with Gasteiger partial charge >= 0.3 is 0 Å². The normalized spacial score (nSPS) is 12.0. The van der Waals surface area contributed by atoms with E-state index in [9.17, 15) is 0 Å². The molecule has 0 aliphatic heterocycles. The van der Waals surface area contributed by atoms with Gasteiger partial charge in [-0.2, -0.15) is 0 Å². The van der Waals surface area contributed by atoms with Crippen molar-refractivity contribution in [3.63, 3.8) is 0 Å². The Morgan fingerprint density at radius 3 is 2.02 bits per heavy atom. The zero-order valence-electron chi connectivity index (χ0n) is 21.5. The van der Waals surface area contributed by atoms with Gasteiger partial charge in [0, 0.05) is 39.6 Å². The average molecular weight is 511 g/mol. The van der Waals surface area contributed by atoms with E-state index in [2.05, 4.69) is 135 Å². The van der Waals surface area contributed by atoms with Gasteiger partial charge in [0.1, 0.15) is 5.65 Å². The molecule has 0 fully saturated rings. The van der Waals surface area contributed by atoms with E-state index in [0.717, 1.165) is 33.3 Å². The van der Waals surface area contributed by atoms with Gasteiger partial charge in [0.15, 0.2) is 0 Å². The van der Waals surface area contributed by atoms with Crippen LogP contribution in [0.1, 0.15) is 0 Å². The molecule has 4 aromatic heterocycles. The Hall–Kier alpha value is -5.48. The molecule has 4 heterocycles. The van der Waals surface area contributed by atoms with Gasteiger partial charge in [-0.15, -0.1) is 0 Å². The largest absolute Gasteiger partial charge is 0.309 e. The highest BCUT2D eigenvalue weighted by molar-refractivity contribution is 6.21. The van der Waals surface area contributed by atoms with Crippen molar-refractivity contribution in [1.29, 1.82) is 0 Å².